The van der Waals surface area contributed by atoms with Gasteiger partial charge in [0.25, 0.3) is 0 Å². The molecule has 0 aromatic heterocycles. The van der Waals surface area contributed by atoms with Crippen molar-refractivity contribution in [2.24, 2.45) is 5.92 Å². The molecule has 1 saturated heterocycles. The van der Waals surface area contributed by atoms with Crippen LogP contribution in [0.25, 0.3) is 0 Å². The first-order valence-electron chi connectivity index (χ1n) is 4.82. The van der Waals surface area contributed by atoms with E-state index in [0.29, 0.717) is 18.1 Å². The standard InChI is InChI=1S/C10H17NO2/c1-3-13-10(12)8(2)9-4-6-11-7-5-9/h9,11H,2-7H2,1H3. The minimum absolute atomic E-state index is 0.227. The van der Waals surface area contributed by atoms with E-state index in [0.717, 1.165) is 25.9 Å². The molecule has 0 spiro atoms. The summed E-state index contributed by atoms with van der Waals surface area (Å²) in [6.07, 6.45) is 2.00. The number of esters is 1. The molecule has 0 aliphatic carbocycles. The first kappa shape index (κ1) is 10.3. The molecule has 0 saturated carbocycles. The maximum atomic E-state index is 11.3. The van der Waals surface area contributed by atoms with Gasteiger partial charge in [-0.05, 0) is 38.8 Å². The molecule has 1 aliphatic heterocycles. The van der Waals surface area contributed by atoms with Crippen molar-refractivity contribution < 1.29 is 9.53 Å². The third-order valence-corrected chi connectivity index (χ3v) is 2.37. The van der Waals surface area contributed by atoms with E-state index < -0.39 is 0 Å². The average Bonchev–Trinajstić information content (AvgIpc) is 2.18. The minimum atomic E-state index is -0.227. The predicted molar refractivity (Wildman–Crippen MR) is 51.4 cm³/mol. The summed E-state index contributed by atoms with van der Waals surface area (Å²) in [6.45, 7) is 7.99. The number of hydrogen-bond acceptors (Lipinski definition) is 3. The SMILES string of the molecule is C=C(C(=O)OCC)C1CCNCC1. The predicted octanol–water partition coefficient (Wildman–Crippen LogP) is 1.11. The second-order valence-corrected chi connectivity index (χ2v) is 3.27. The van der Waals surface area contributed by atoms with E-state index in [1.54, 1.807) is 0 Å². The fourth-order valence-corrected chi connectivity index (χ4v) is 1.56. The highest BCUT2D eigenvalue weighted by atomic mass is 16.5. The van der Waals surface area contributed by atoms with Crippen molar-refractivity contribution in [3.05, 3.63) is 12.2 Å². The Morgan fingerprint density at radius 2 is 2.15 bits per heavy atom. The first-order chi connectivity index (χ1) is 6.25. The van der Waals surface area contributed by atoms with E-state index in [1.165, 1.54) is 0 Å². The number of carbonyl (C=O) groups excluding carboxylic acids is 1. The zero-order valence-electron chi connectivity index (χ0n) is 8.14. The molecule has 1 fully saturated rings. The van der Waals surface area contributed by atoms with E-state index in [1.807, 2.05) is 6.92 Å². The van der Waals surface area contributed by atoms with Crippen LogP contribution in [0.2, 0.25) is 0 Å². The maximum absolute atomic E-state index is 11.3. The lowest BCUT2D eigenvalue weighted by Gasteiger charge is -2.23. The molecular formula is C10H17NO2. The third-order valence-electron chi connectivity index (χ3n) is 2.37. The lowest BCUT2D eigenvalue weighted by Crippen LogP contribution is -2.30. The van der Waals surface area contributed by atoms with Crippen molar-refractivity contribution in [1.29, 1.82) is 0 Å². The molecule has 0 atom stereocenters. The van der Waals surface area contributed by atoms with Crippen LogP contribution in [0.4, 0.5) is 0 Å². The highest BCUT2D eigenvalue weighted by molar-refractivity contribution is 5.88. The van der Waals surface area contributed by atoms with Crippen LogP contribution in [0, 0.1) is 5.92 Å². The van der Waals surface area contributed by atoms with Gasteiger partial charge in [0.05, 0.1) is 6.61 Å². The number of hydrogen-bond donors (Lipinski definition) is 1. The summed E-state index contributed by atoms with van der Waals surface area (Å²) >= 11 is 0. The van der Waals surface area contributed by atoms with E-state index in [-0.39, 0.29) is 5.97 Å². The quantitative estimate of drug-likeness (QED) is 0.526. The second kappa shape index (κ2) is 5.02. The summed E-state index contributed by atoms with van der Waals surface area (Å²) in [5.41, 5.74) is 0.642. The number of carbonyl (C=O) groups is 1. The third kappa shape index (κ3) is 2.84. The Morgan fingerprint density at radius 1 is 1.54 bits per heavy atom. The van der Waals surface area contributed by atoms with Gasteiger partial charge in [0.2, 0.25) is 0 Å². The molecule has 3 heteroatoms. The van der Waals surface area contributed by atoms with Gasteiger partial charge in [-0.3, -0.25) is 0 Å². The summed E-state index contributed by atoms with van der Waals surface area (Å²) in [4.78, 5) is 11.3. The molecule has 3 nitrogen and oxygen atoms in total. The van der Waals surface area contributed by atoms with Gasteiger partial charge in [-0.1, -0.05) is 6.58 Å². The largest absolute Gasteiger partial charge is 0.463 e. The van der Waals surface area contributed by atoms with Gasteiger partial charge in [0.15, 0.2) is 0 Å². The molecule has 74 valence electrons. The minimum Gasteiger partial charge on any atom is -0.463 e. The molecule has 0 aromatic carbocycles. The van der Waals surface area contributed by atoms with Crippen molar-refractivity contribution in [2.45, 2.75) is 19.8 Å². The number of nitrogens with one attached hydrogen (secondary N) is 1. The monoisotopic (exact) mass is 183 g/mol. The Kier molecular flexibility index (Phi) is 3.96. The molecular weight excluding hydrogens is 166 g/mol. The van der Waals surface area contributed by atoms with Crippen molar-refractivity contribution in [3.8, 4) is 0 Å². The van der Waals surface area contributed by atoms with Gasteiger partial charge < -0.3 is 10.1 Å². The van der Waals surface area contributed by atoms with Crippen molar-refractivity contribution in [3.63, 3.8) is 0 Å². The van der Waals surface area contributed by atoms with Gasteiger partial charge in [0, 0.05) is 5.57 Å². The Bertz CT molecular complexity index is 195. The normalized spacial score (nSPS) is 18.2. The summed E-state index contributed by atoms with van der Waals surface area (Å²) in [5.74, 6) is 0.0923. The van der Waals surface area contributed by atoms with Crippen molar-refractivity contribution in [2.75, 3.05) is 19.7 Å². The Labute approximate surface area is 79.2 Å². The average molecular weight is 183 g/mol. The topological polar surface area (TPSA) is 38.3 Å². The van der Waals surface area contributed by atoms with Crippen LogP contribution in [0.1, 0.15) is 19.8 Å². The van der Waals surface area contributed by atoms with E-state index >= 15 is 0 Å². The highest BCUT2D eigenvalue weighted by Crippen LogP contribution is 2.20. The molecule has 1 heterocycles. The van der Waals surface area contributed by atoms with Crippen LogP contribution in [0.5, 0.6) is 0 Å². The molecule has 0 amide bonds. The van der Waals surface area contributed by atoms with Crippen molar-refractivity contribution >= 4 is 5.97 Å². The fraction of sp³-hybridized carbons (Fsp3) is 0.700. The van der Waals surface area contributed by atoms with Gasteiger partial charge >= 0.3 is 5.97 Å². The smallest absolute Gasteiger partial charge is 0.333 e. The molecule has 1 N–H and O–H groups in total. The molecule has 0 radical (unpaired) electrons. The van der Waals surface area contributed by atoms with E-state index in [9.17, 15) is 4.79 Å². The van der Waals surface area contributed by atoms with Crippen LogP contribution < -0.4 is 5.32 Å². The van der Waals surface area contributed by atoms with Crippen LogP contribution in [0.15, 0.2) is 12.2 Å². The zero-order chi connectivity index (χ0) is 9.68. The summed E-state index contributed by atoms with van der Waals surface area (Å²) < 4.78 is 4.90. The second-order valence-electron chi connectivity index (χ2n) is 3.27. The number of ether oxygens (including phenoxy) is 1. The summed E-state index contributed by atoms with van der Waals surface area (Å²) in [5, 5.41) is 3.25. The summed E-state index contributed by atoms with van der Waals surface area (Å²) in [7, 11) is 0. The lowest BCUT2D eigenvalue weighted by atomic mass is 9.91. The molecule has 0 unspecified atom stereocenters. The lowest BCUT2D eigenvalue weighted by molar-refractivity contribution is -0.139. The Hall–Kier alpha value is -0.830. The van der Waals surface area contributed by atoms with Crippen LogP contribution in [-0.4, -0.2) is 25.7 Å². The maximum Gasteiger partial charge on any atom is 0.333 e. The number of rotatable bonds is 3. The highest BCUT2D eigenvalue weighted by Gasteiger charge is 2.21. The van der Waals surface area contributed by atoms with Crippen molar-refractivity contribution in [1.82, 2.24) is 5.32 Å². The molecule has 1 aliphatic rings. The molecule has 0 bridgehead atoms. The molecule has 0 aromatic rings. The Balaban J connectivity index is 2.40. The Morgan fingerprint density at radius 3 is 2.69 bits per heavy atom. The molecule has 13 heavy (non-hydrogen) atoms. The van der Waals surface area contributed by atoms with Gasteiger partial charge in [-0.25, -0.2) is 4.79 Å². The van der Waals surface area contributed by atoms with E-state index in [2.05, 4.69) is 11.9 Å². The van der Waals surface area contributed by atoms with E-state index in [4.69, 9.17) is 4.74 Å². The zero-order valence-corrected chi connectivity index (χ0v) is 8.14. The van der Waals surface area contributed by atoms with Gasteiger partial charge in [0.1, 0.15) is 0 Å². The van der Waals surface area contributed by atoms with Gasteiger partial charge in [-0.15, -0.1) is 0 Å². The van der Waals surface area contributed by atoms with Crippen LogP contribution in [-0.2, 0) is 9.53 Å². The first-order valence-corrected chi connectivity index (χ1v) is 4.82. The summed E-state index contributed by atoms with van der Waals surface area (Å²) in [6, 6.07) is 0. The molecule has 1 rings (SSSR count). The van der Waals surface area contributed by atoms with Crippen LogP contribution in [0.3, 0.4) is 0 Å². The van der Waals surface area contributed by atoms with Gasteiger partial charge in [-0.2, -0.15) is 0 Å². The number of piperidine rings is 1. The van der Waals surface area contributed by atoms with Crippen LogP contribution >= 0.6 is 0 Å². The fourth-order valence-electron chi connectivity index (χ4n) is 1.56.